The summed E-state index contributed by atoms with van der Waals surface area (Å²) in [5.41, 5.74) is 1.44. The zero-order chi connectivity index (χ0) is 12.7. The highest BCUT2D eigenvalue weighted by Gasteiger charge is 2.40. The quantitative estimate of drug-likeness (QED) is 0.829. The number of nitrogens with zero attached hydrogens (tertiary/aromatic N) is 2. The molecule has 102 valence electrons. The summed E-state index contributed by atoms with van der Waals surface area (Å²) in [6, 6.07) is 0.637. The number of rotatable bonds is 2. The van der Waals surface area contributed by atoms with E-state index in [1.54, 1.807) is 6.33 Å². The summed E-state index contributed by atoms with van der Waals surface area (Å²) in [4.78, 5) is 9.08. The highest BCUT2D eigenvalue weighted by molar-refractivity contribution is 8.00. The molecule has 0 saturated heterocycles. The van der Waals surface area contributed by atoms with Gasteiger partial charge in [0.25, 0.3) is 0 Å². The van der Waals surface area contributed by atoms with Crippen LogP contribution in [0.1, 0.15) is 62.8 Å². The Morgan fingerprint density at radius 1 is 1.00 bits per heavy atom. The van der Waals surface area contributed by atoms with E-state index in [2.05, 4.69) is 15.3 Å². The SMILES string of the molecule is c1nc(NC2CCCCC2)c2c(n1)SC1CCCC21. The molecule has 0 bridgehead atoms. The second-order valence-electron chi connectivity index (χ2n) is 6.11. The lowest BCUT2D eigenvalue weighted by Crippen LogP contribution is -2.24. The summed E-state index contributed by atoms with van der Waals surface area (Å²) in [5, 5.41) is 5.76. The second kappa shape index (κ2) is 4.97. The van der Waals surface area contributed by atoms with Crippen molar-refractivity contribution in [3.05, 3.63) is 11.9 Å². The maximum Gasteiger partial charge on any atom is 0.134 e. The highest BCUT2D eigenvalue weighted by Crippen LogP contribution is 2.54. The van der Waals surface area contributed by atoms with E-state index < -0.39 is 0 Å². The molecule has 1 N–H and O–H groups in total. The zero-order valence-corrected chi connectivity index (χ0v) is 12.1. The van der Waals surface area contributed by atoms with Crippen molar-refractivity contribution in [2.45, 2.75) is 73.6 Å². The van der Waals surface area contributed by atoms with Crippen LogP contribution in [-0.2, 0) is 0 Å². The van der Waals surface area contributed by atoms with Crippen LogP contribution in [0.2, 0.25) is 0 Å². The summed E-state index contributed by atoms with van der Waals surface area (Å²) in [6.45, 7) is 0. The molecule has 2 unspecified atom stereocenters. The molecule has 4 heteroatoms. The van der Waals surface area contributed by atoms with E-state index in [1.165, 1.54) is 62.0 Å². The number of fused-ring (bicyclic) bond motifs is 3. The molecule has 2 heterocycles. The Bertz CT molecular complexity index is 470. The Hall–Kier alpha value is -0.770. The lowest BCUT2D eigenvalue weighted by molar-refractivity contribution is 0.461. The molecule has 1 aromatic rings. The topological polar surface area (TPSA) is 37.8 Å². The first-order chi connectivity index (χ1) is 9.42. The maximum atomic E-state index is 4.57. The Morgan fingerprint density at radius 3 is 2.79 bits per heavy atom. The summed E-state index contributed by atoms with van der Waals surface area (Å²) in [7, 11) is 0. The first-order valence-electron chi connectivity index (χ1n) is 7.70. The standard InChI is InChI=1S/C15H21N3S/c1-2-5-10(6-3-1)18-14-13-11-7-4-8-12(11)19-15(13)17-9-16-14/h9-12H,1-8H2,(H,16,17,18). The zero-order valence-electron chi connectivity index (χ0n) is 11.3. The normalized spacial score (nSPS) is 30.1. The monoisotopic (exact) mass is 275 g/mol. The number of nitrogens with one attached hydrogen (secondary N) is 1. The van der Waals surface area contributed by atoms with Crippen LogP contribution in [0, 0.1) is 0 Å². The number of thioether (sulfide) groups is 1. The van der Waals surface area contributed by atoms with Crippen LogP contribution in [0.15, 0.2) is 11.4 Å². The van der Waals surface area contributed by atoms with Gasteiger partial charge >= 0.3 is 0 Å². The van der Waals surface area contributed by atoms with Gasteiger partial charge in [-0.3, -0.25) is 0 Å². The third-order valence-corrected chi connectivity index (χ3v) is 6.30. The number of hydrogen-bond acceptors (Lipinski definition) is 4. The number of aromatic nitrogens is 2. The molecule has 3 nitrogen and oxygen atoms in total. The summed E-state index contributed by atoms with van der Waals surface area (Å²) in [5.74, 6) is 1.87. The van der Waals surface area contributed by atoms with Crippen LogP contribution in [0.25, 0.3) is 0 Å². The molecule has 0 aromatic carbocycles. The highest BCUT2D eigenvalue weighted by atomic mass is 32.2. The Labute approximate surface area is 119 Å². The molecular formula is C15H21N3S. The van der Waals surface area contributed by atoms with E-state index in [0.29, 0.717) is 12.0 Å². The van der Waals surface area contributed by atoms with Crippen molar-refractivity contribution in [2.24, 2.45) is 0 Å². The first kappa shape index (κ1) is 12.0. The third kappa shape index (κ3) is 2.14. The molecule has 0 spiro atoms. The predicted molar refractivity (Wildman–Crippen MR) is 78.8 cm³/mol. The molecule has 3 aliphatic rings. The molecule has 2 atom stereocenters. The fourth-order valence-corrected chi connectivity index (χ4v) is 5.39. The minimum Gasteiger partial charge on any atom is -0.367 e. The van der Waals surface area contributed by atoms with Gasteiger partial charge in [0, 0.05) is 22.8 Å². The van der Waals surface area contributed by atoms with Crippen molar-refractivity contribution < 1.29 is 0 Å². The fraction of sp³-hybridized carbons (Fsp3) is 0.733. The van der Waals surface area contributed by atoms with Gasteiger partial charge in [-0.2, -0.15) is 0 Å². The van der Waals surface area contributed by atoms with Crippen molar-refractivity contribution in [1.82, 2.24) is 9.97 Å². The molecule has 2 saturated carbocycles. The van der Waals surface area contributed by atoms with Crippen molar-refractivity contribution in [3.63, 3.8) is 0 Å². The molecule has 2 aliphatic carbocycles. The largest absolute Gasteiger partial charge is 0.367 e. The van der Waals surface area contributed by atoms with Crippen LogP contribution in [0.3, 0.4) is 0 Å². The summed E-state index contributed by atoms with van der Waals surface area (Å²) >= 11 is 1.99. The van der Waals surface area contributed by atoms with E-state index in [0.717, 1.165) is 11.1 Å². The van der Waals surface area contributed by atoms with Gasteiger partial charge in [-0.25, -0.2) is 9.97 Å². The molecule has 4 rings (SSSR count). The Balaban J connectivity index is 1.61. The van der Waals surface area contributed by atoms with Crippen LogP contribution in [0.4, 0.5) is 5.82 Å². The van der Waals surface area contributed by atoms with Gasteiger partial charge in [-0.05, 0) is 25.7 Å². The third-order valence-electron chi connectivity index (χ3n) is 4.88. The van der Waals surface area contributed by atoms with E-state index in [1.807, 2.05) is 11.8 Å². The minimum absolute atomic E-state index is 0.637. The van der Waals surface area contributed by atoms with Gasteiger partial charge in [0.05, 0.1) is 0 Å². The van der Waals surface area contributed by atoms with Crippen LogP contribution in [0.5, 0.6) is 0 Å². The predicted octanol–water partition coefficient (Wildman–Crippen LogP) is 3.96. The molecule has 19 heavy (non-hydrogen) atoms. The molecular weight excluding hydrogens is 254 g/mol. The van der Waals surface area contributed by atoms with Gasteiger partial charge in [0.15, 0.2) is 0 Å². The second-order valence-corrected chi connectivity index (χ2v) is 7.34. The van der Waals surface area contributed by atoms with Gasteiger partial charge in [0.2, 0.25) is 0 Å². The van der Waals surface area contributed by atoms with Crippen molar-refractivity contribution in [2.75, 3.05) is 5.32 Å². The van der Waals surface area contributed by atoms with Crippen LogP contribution >= 0.6 is 11.8 Å². The molecule has 0 radical (unpaired) electrons. The van der Waals surface area contributed by atoms with Gasteiger partial charge in [-0.1, -0.05) is 25.7 Å². The van der Waals surface area contributed by atoms with Crippen LogP contribution < -0.4 is 5.32 Å². The van der Waals surface area contributed by atoms with Gasteiger partial charge in [-0.15, -0.1) is 11.8 Å². The van der Waals surface area contributed by atoms with E-state index in [-0.39, 0.29) is 0 Å². The van der Waals surface area contributed by atoms with Crippen molar-refractivity contribution in [1.29, 1.82) is 0 Å². The smallest absolute Gasteiger partial charge is 0.134 e. The summed E-state index contributed by atoms with van der Waals surface area (Å²) < 4.78 is 0. The van der Waals surface area contributed by atoms with Crippen molar-refractivity contribution >= 4 is 17.6 Å². The molecule has 1 aromatic heterocycles. The number of anilines is 1. The van der Waals surface area contributed by atoms with Gasteiger partial charge in [0.1, 0.15) is 17.2 Å². The summed E-state index contributed by atoms with van der Waals surface area (Å²) in [6.07, 6.45) is 12.6. The van der Waals surface area contributed by atoms with E-state index in [9.17, 15) is 0 Å². The van der Waals surface area contributed by atoms with E-state index in [4.69, 9.17) is 0 Å². The number of hydrogen-bond donors (Lipinski definition) is 1. The maximum absolute atomic E-state index is 4.57. The fourth-order valence-electron chi connectivity index (χ4n) is 3.90. The molecule has 0 amide bonds. The average Bonchev–Trinajstić information content (AvgIpc) is 3.00. The molecule has 1 aliphatic heterocycles. The van der Waals surface area contributed by atoms with E-state index >= 15 is 0 Å². The Morgan fingerprint density at radius 2 is 1.89 bits per heavy atom. The first-order valence-corrected chi connectivity index (χ1v) is 8.58. The lowest BCUT2D eigenvalue weighted by atomic mass is 9.94. The van der Waals surface area contributed by atoms with Crippen LogP contribution in [-0.4, -0.2) is 21.3 Å². The van der Waals surface area contributed by atoms with Crippen molar-refractivity contribution in [3.8, 4) is 0 Å². The minimum atomic E-state index is 0.637. The Kier molecular flexibility index (Phi) is 3.14. The lowest BCUT2D eigenvalue weighted by Gasteiger charge is -2.25. The van der Waals surface area contributed by atoms with Gasteiger partial charge < -0.3 is 5.32 Å². The average molecular weight is 275 g/mol. The molecule has 2 fully saturated rings.